The fraction of sp³-hybridized carbons (Fsp3) is 0.923. The molecule has 0 saturated carbocycles. The molecule has 0 aromatic rings. The van der Waals surface area contributed by atoms with Crippen LogP contribution in [0.5, 0.6) is 0 Å². The van der Waals surface area contributed by atoms with Crippen molar-refractivity contribution in [2.75, 3.05) is 52.7 Å². The average molecular weight is 276 g/mol. The summed E-state index contributed by atoms with van der Waals surface area (Å²) in [5, 5.41) is 2.76. The van der Waals surface area contributed by atoms with E-state index in [0.29, 0.717) is 52.5 Å². The Labute approximate surface area is 116 Å². The van der Waals surface area contributed by atoms with Gasteiger partial charge < -0.3 is 25.3 Å². The number of amides is 1. The highest BCUT2D eigenvalue weighted by molar-refractivity contribution is 5.75. The molecule has 0 rings (SSSR count). The van der Waals surface area contributed by atoms with E-state index in [2.05, 4.69) is 12.2 Å². The minimum atomic E-state index is 0.0263. The number of rotatable bonds is 14. The third-order valence-corrected chi connectivity index (χ3v) is 2.27. The molecular weight excluding hydrogens is 248 g/mol. The van der Waals surface area contributed by atoms with Crippen LogP contribution in [0.4, 0.5) is 0 Å². The summed E-state index contributed by atoms with van der Waals surface area (Å²) in [6.45, 7) is 6.75. The lowest BCUT2D eigenvalue weighted by Crippen LogP contribution is -2.27. The van der Waals surface area contributed by atoms with Gasteiger partial charge in [-0.25, -0.2) is 0 Å². The molecule has 114 valence electrons. The number of ether oxygens (including phenoxy) is 3. The summed E-state index contributed by atoms with van der Waals surface area (Å²) in [6, 6.07) is 0. The molecule has 6 nitrogen and oxygen atoms in total. The fourth-order valence-corrected chi connectivity index (χ4v) is 1.30. The van der Waals surface area contributed by atoms with Crippen LogP contribution in [-0.2, 0) is 19.0 Å². The van der Waals surface area contributed by atoms with E-state index < -0.39 is 0 Å². The molecule has 0 aliphatic rings. The Morgan fingerprint density at radius 2 is 1.58 bits per heavy atom. The predicted octanol–water partition coefficient (Wildman–Crippen LogP) is 0.301. The Kier molecular flexibility index (Phi) is 14.8. The Morgan fingerprint density at radius 3 is 2.16 bits per heavy atom. The lowest BCUT2D eigenvalue weighted by molar-refractivity contribution is -0.121. The van der Waals surface area contributed by atoms with Crippen LogP contribution in [0.1, 0.15) is 26.2 Å². The molecule has 0 aromatic heterocycles. The van der Waals surface area contributed by atoms with Gasteiger partial charge in [0, 0.05) is 19.6 Å². The van der Waals surface area contributed by atoms with Crippen molar-refractivity contribution in [2.45, 2.75) is 26.2 Å². The number of hydrogen-bond donors (Lipinski definition) is 2. The number of nitrogens with two attached hydrogens (primary N) is 1. The molecule has 0 fully saturated rings. The van der Waals surface area contributed by atoms with Crippen LogP contribution >= 0.6 is 0 Å². The molecule has 1 amide bonds. The summed E-state index contributed by atoms with van der Waals surface area (Å²) in [5.74, 6) is 0.0263. The summed E-state index contributed by atoms with van der Waals surface area (Å²) in [4.78, 5) is 11.2. The first kappa shape index (κ1) is 18.3. The fourth-order valence-electron chi connectivity index (χ4n) is 1.30. The maximum Gasteiger partial charge on any atom is 0.220 e. The van der Waals surface area contributed by atoms with Crippen LogP contribution in [0.25, 0.3) is 0 Å². The molecule has 0 spiro atoms. The van der Waals surface area contributed by atoms with Gasteiger partial charge in [0.1, 0.15) is 0 Å². The molecule has 0 aromatic carbocycles. The van der Waals surface area contributed by atoms with Crippen molar-refractivity contribution in [3.8, 4) is 0 Å². The van der Waals surface area contributed by atoms with E-state index >= 15 is 0 Å². The molecule has 0 unspecified atom stereocenters. The van der Waals surface area contributed by atoms with Crippen molar-refractivity contribution in [3.05, 3.63) is 0 Å². The number of nitrogens with one attached hydrogen (secondary N) is 1. The minimum absolute atomic E-state index is 0.0263. The summed E-state index contributed by atoms with van der Waals surface area (Å²) >= 11 is 0. The highest BCUT2D eigenvalue weighted by Gasteiger charge is 1.98. The third-order valence-electron chi connectivity index (χ3n) is 2.27. The van der Waals surface area contributed by atoms with E-state index in [1.807, 2.05) is 0 Å². The normalized spacial score (nSPS) is 10.6. The zero-order valence-corrected chi connectivity index (χ0v) is 12.0. The van der Waals surface area contributed by atoms with Gasteiger partial charge in [-0.3, -0.25) is 4.79 Å². The van der Waals surface area contributed by atoms with Crippen LogP contribution < -0.4 is 11.1 Å². The van der Waals surface area contributed by atoms with Gasteiger partial charge in [0.05, 0.1) is 33.0 Å². The van der Waals surface area contributed by atoms with Gasteiger partial charge >= 0.3 is 0 Å². The Hall–Kier alpha value is -0.690. The van der Waals surface area contributed by atoms with Gasteiger partial charge in [0.15, 0.2) is 0 Å². The molecule has 3 N–H and O–H groups in total. The van der Waals surface area contributed by atoms with Crippen molar-refractivity contribution in [1.29, 1.82) is 0 Å². The second kappa shape index (κ2) is 15.4. The Morgan fingerprint density at radius 1 is 1.00 bits per heavy atom. The van der Waals surface area contributed by atoms with Gasteiger partial charge in [-0.15, -0.1) is 0 Å². The van der Waals surface area contributed by atoms with Crippen LogP contribution in [0.2, 0.25) is 0 Å². The van der Waals surface area contributed by atoms with E-state index in [1.54, 1.807) is 0 Å². The van der Waals surface area contributed by atoms with E-state index in [1.165, 1.54) is 0 Å². The summed E-state index contributed by atoms with van der Waals surface area (Å²) < 4.78 is 15.9. The summed E-state index contributed by atoms with van der Waals surface area (Å²) in [5.41, 5.74) is 5.31. The third kappa shape index (κ3) is 15.3. The van der Waals surface area contributed by atoms with Crippen molar-refractivity contribution in [3.63, 3.8) is 0 Å². The van der Waals surface area contributed by atoms with Crippen molar-refractivity contribution in [2.24, 2.45) is 5.73 Å². The van der Waals surface area contributed by atoms with Gasteiger partial charge in [0.2, 0.25) is 5.91 Å². The van der Waals surface area contributed by atoms with Gasteiger partial charge in [-0.05, 0) is 19.4 Å². The molecule has 0 aliphatic heterocycles. The first-order chi connectivity index (χ1) is 9.31. The average Bonchev–Trinajstić information content (AvgIpc) is 2.42. The lowest BCUT2D eigenvalue weighted by Gasteiger charge is -2.07. The maximum absolute atomic E-state index is 11.2. The number of hydrogen-bond acceptors (Lipinski definition) is 5. The second-order valence-corrected chi connectivity index (χ2v) is 4.08. The molecule has 0 bridgehead atoms. The standard InChI is InChI=1S/C13H28N2O4/c1-2-7-17-9-11-19-12-10-18-8-6-15-13(16)4-3-5-14/h2-12,14H2,1H3,(H,15,16). The zero-order valence-electron chi connectivity index (χ0n) is 12.0. The molecule has 0 atom stereocenters. The topological polar surface area (TPSA) is 82.8 Å². The monoisotopic (exact) mass is 276 g/mol. The van der Waals surface area contributed by atoms with Crippen LogP contribution in [0, 0.1) is 0 Å². The summed E-state index contributed by atoms with van der Waals surface area (Å²) in [6.07, 6.45) is 2.23. The van der Waals surface area contributed by atoms with E-state index in [4.69, 9.17) is 19.9 Å². The molecule has 0 radical (unpaired) electrons. The molecular formula is C13H28N2O4. The Bertz CT molecular complexity index is 203. The molecule has 0 saturated heterocycles. The van der Waals surface area contributed by atoms with E-state index in [9.17, 15) is 4.79 Å². The van der Waals surface area contributed by atoms with Gasteiger partial charge in [-0.2, -0.15) is 0 Å². The summed E-state index contributed by atoms with van der Waals surface area (Å²) in [7, 11) is 0. The van der Waals surface area contributed by atoms with Gasteiger partial charge in [0.25, 0.3) is 0 Å². The van der Waals surface area contributed by atoms with Crippen molar-refractivity contribution < 1.29 is 19.0 Å². The molecule has 6 heteroatoms. The second-order valence-electron chi connectivity index (χ2n) is 4.08. The van der Waals surface area contributed by atoms with Crippen LogP contribution in [0.15, 0.2) is 0 Å². The molecule has 19 heavy (non-hydrogen) atoms. The zero-order chi connectivity index (χ0) is 14.2. The van der Waals surface area contributed by atoms with Crippen LogP contribution in [0.3, 0.4) is 0 Å². The number of carbonyl (C=O) groups is 1. The maximum atomic E-state index is 11.2. The largest absolute Gasteiger partial charge is 0.379 e. The highest BCUT2D eigenvalue weighted by atomic mass is 16.5. The van der Waals surface area contributed by atoms with E-state index in [0.717, 1.165) is 19.4 Å². The number of carbonyl (C=O) groups excluding carboxylic acids is 1. The van der Waals surface area contributed by atoms with Crippen LogP contribution in [-0.4, -0.2) is 58.6 Å². The van der Waals surface area contributed by atoms with Gasteiger partial charge in [-0.1, -0.05) is 6.92 Å². The minimum Gasteiger partial charge on any atom is -0.379 e. The Balaban J connectivity index is 3.04. The quantitative estimate of drug-likeness (QED) is 0.446. The smallest absolute Gasteiger partial charge is 0.220 e. The lowest BCUT2D eigenvalue weighted by atomic mass is 10.3. The predicted molar refractivity (Wildman–Crippen MR) is 74.0 cm³/mol. The molecule has 0 heterocycles. The van der Waals surface area contributed by atoms with Crippen molar-refractivity contribution >= 4 is 5.91 Å². The first-order valence-corrected chi connectivity index (χ1v) is 7.01. The van der Waals surface area contributed by atoms with Crippen molar-refractivity contribution in [1.82, 2.24) is 5.32 Å². The molecule has 0 aliphatic carbocycles. The SMILES string of the molecule is CCCOCCOCCOCCNC(=O)CCCN. The van der Waals surface area contributed by atoms with E-state index in [-0.39, 0.29) is 5.91 Å². The highest BCUT2D eigenvalue weighted by Crippen LogP contribution is 1.85. The first-order valence-electron chi connectivity index (χ1n) is 7.01.